The molecule has 6 heteroatoms. The fourth-order valence-corrected chi connectivity index (χ4v) is 2.51. The van der Waals surface area contributed by atoms with Crippen LogP contribution in [0, 0.1) is 6.92 Å². The van der Waals surface area contributed by atoms with Crippen molar-refractivity contribution < 1.29 is 18.9 Å². The molecule has 0 aliphatic carbocycles. The minimum absolute atomic E-state index is 0.183. The average Bonchev–Trinajstić information content (AvgIpc) is 2.95. The Balaban J connectivity index is 2.03. The van der Waals surface area contributed by atoms with E-state index in [0.29, 0.717) is 47.6 Å². The van der Waals surface area contributed by atoms with Gasteiger partial charge in [0.15, 0.2) is 11.3 Å². The molecule has 0 atom stereocenters. The van der Waals surface area contributed by atoms with Crippen molar-refractivity contribution in [2.24, 2.45) is 0 Å². The van der Waals surface area contributed by atoms with E-state index in [2.05, 4.69) is 0 Å². The molecule has 0 N–H and O–H groups in total. The van der Waals surface area contributed by atoms with E-state index >= 15 is 0 Å². The van der Waals surface area contributed by atoms with Gasteiger partial charge in [0.1, 0.15) is 5.75 Å². The van der Waals surface area contributed by atoms with Gasteiger partial charge in [-0.2, -0.15) is 0 Å². The summed E-state index contributed by atoms with van der Waals surface area (Å²) >= 11 is 11.4. The highest BCUT2D eigenvalue weighted by Crippen LogP contribution is 2.32. The minimum Gasteiger partial charge on any atom is -0.492 e. The zero-order valence-electron chi connectivity index (χ0n) is 11.5. The van der Waals surface area contributed by atoms with Crippen LogP contribution in [0.15, 0.2) is 12.1 Å². The lowest BCUT2D eigenvalue weighted by molar-refractivity contribution is -0.0531. The Hall–Kier alpha value is -0.880. The first-order chi connectivity index (χ1) is 9.63. The van der Waals surface area contributed by atoms with Crippen LogP contribution in [0.3, 0.4) is 0 Å². The molecule has 2 rings (SSSR count). The van der Waals surface area contributed by atoms with Gasteiger partial charge < -0.3 is 18.9 Å². The molecule has 1 aliphatic rings. The predicted octanol–water partition coefficient (Wildman–Crippen LogP) is 3.11. The summed E-state index contributed by atoms with van der Waals surface area (Å²) in [6.45, 7) is 3.68. The van der Waals surface area contributed by atoms with Crippen LogP contribution in [-0.2, 0) is 14.2 Å². The second-order valence-electron chi connectivity index (χ2n) is 4.37. The first kappa shape index (κ1) is 15.5. The maximum Gasteiger partial charge on any atom is 0.192 e. The lowest BCUT2D eigenvalue weighted by Crippen LogP contribution is -2.13. The van der Waals surface area contributed by atoms with Gasteiger partial charge in [0, 0.05) is 6.42 Å². The highest BCUT2D eigenvalue weighted by Gasteiger charge is 2.18. The van der Waals surface area contributed by atoms with Gasteiger partial charge in [0.05, 0.1) is 37.5 Å². The maximum atomic E-state index is 6.33. The molecule has 0 aromatic heterocycles. The van der Waals surface area contributed by atoms with Crippen molar-refractivity contribution in [2.75, 3.05) is 26.9 Å². The molecule has 1 heterocycles. The molecule has 0 saturated carbocycles. The van der Waals surface area contributed by atoms with Crippen LogP contribution in [0.4, 0.5) is 0 Å². The second-order valence-corrected chi connectivity index (χ2v) is 5.12. The van der Waals surface area contributed by atoms with Crippen LogP contribution in [0.1, 0.15) is 17.5 Å². The van der Waals surface area contributed by atoms with Crippen LogP contribution < -0.4 is 4.74 Å². The lowest BCUT2D eigenvalue weighted by Gasteiger charge is -2.15. The summed E-state index contributed by atoms with van der Waals surface area (Å²) in [4.78, 5) is 0. The van der Waals surface area contributed by atoms with E-state index < -0.39 is 0 Å². The van der Waals surface area contributed by atoms with Gasteiger partial charge in [-0.3, -0.25) is 0 Å². The van der Waals surface area contributed by atoms with Gasteiger partial charge in [-0.25, -0.2) is 0 Å². The molecule has 0 spiro atoms. The molecule has 1 fully saturated rings. The van der Waals surface area contributed by atoms with Gasteiger partial charge in [0.25, 0.3) is 0 Å². The molecular weight excluding hydrogens is 300 g/mol. The molecule has 4 nitrogen and oxygen atoms in total. The maximum absolute atomic E-state index is 6.33. The molecule has 0 bridgehead atoms. The summed E-state index contributed by atoms with van der Waals surface area (Å²) < 4.78 is 21.5. The first-order valence-electron chi connectivity index (χ1n) is 6.37. The molecule has 1 aliphatic heterocycles. The summed E-state index contributed by atoms with van der Waals surface area (Å²) in [5.41, 5.74) is 1.61. The number of rotatable bonds is 5. The van der Waals surface area contributed by atoms with Crippen molar-refractivity contribution in [3.8, 4) is 5.75 Å². The van der Waals surface area contributed by atoms with Gasteiger partial charge in [0.2, 0.25) is 0 Å². The third-order valence-corrected chi connectivity index (χ3v) is 3.75. The zero-order valence-corrected chi connectivity index (χ0v) is 13.1. The van der Waals surface area contributed by atoms with E-state index in [-0.39, 0.29) is 6.29 Å². The Morgan fingerprint density at radius 3 is 2.75 bits per heavy atom. The van der Waals surface area contributed by atoms with Gasteiger partial charge in [-0.1, -0.05) is 17.7 Å². The van der Waals surface area contributed by atoms with Crippen molar-refractivity contribution in [2.45, 2.75) is 19.6 Å². The standard InChI is InChI=1S/C14H17ClO4S/c1-9-3-4-10(14(20)16-2)12(15)13(9)19-6-5-11-17-7-8-18-11/h3-4,11H,5-8H2,1-2H3. The average molecular weight is 317 g/mol. The SMILES string of the molecule is COC(=S)c1ccc(C)c(OCCC2OCCO2)c1Cl. The van der Waals surface area contributed by atoms with Crippen LogP contribution in [0.5, 0.6) is 5.75 Å². The Kier molecular flexibility index (Phi) is 5.60. The van der Waals surface area contributed by atoms with Gasteiger partial charge in [-0.15, -0.1) is 0 Å². The number of hydrogen-bond donors (Lipinski definition) is 0. The third kappa shape index (κ3) is 3.61. The Labute approximate surface area is 128 Å². The molecular formula is C14H17ClO4S. The van der Waals surface area contributed by atoms with Crippen molar-refractivity contribution in [3.05, 3.63) is 28.3 Å². The quantitative estimate of drug-likeness (QED) is 0.780. The van der Waals surface area contributed by atoms with Crippen molar-refractivity contribution in [3.63, 3.8) is 0 Å². The number of thiocarbonyl (C=S) groups is 1. The largest absolute Gasteiger partial charge is 0.492 e. The van der Waals surface area contributed by atoms with Crippen LogP contribution >= 0.6 is 23.8 Å². The number of aryl methyl sites for hydroxylation is 1. The predicted molar refractivity (Wildman–Crippen MR) is 80.7 cm³/mol. The Morgan fingerprint density at radius 2 is 2.10 bits per heavy atom. The number of hydrogen-bond acceptors (Lipinski definition) is 5. The first-order valence-corrected chi connectivity index (χ1v) is 7.15. The monoisotopic (exact) mass is 316 g/mol. The van der Waals surface area contributed by atoms with E-state index in [4.69, 9.17) is 42.8 Å². The van der Waals surface area contributed by atoms with Crippen molar-refractivity contribution >= 4 is 28.9 Å². The van der Waals surface area contributed by atoms with Crippen LogP contribution in [0.2, 0.25) is 5.02 Å². The fourth-order valence-electron chi connectivity index (χ4n) is 1.93. The summed E-state index contributed by atoms with van der Waals surface area (Å²) in [5.74, 6) is 0.626. The smallest absolute Gasteiger partial charge is 0.192 e. The van der Waals surface area contributed by atoms with E-state index in [9.17, 15) is 0 Å². The van der Waals surface area contributed by atoms with Crippen molar-refractivity contribution in [1.29, 1.82) is 0 Å². The minimum atomic E-state index is -0.183. The molecule has 0 amide bonds. The highest BCUT2D eigenvalue weighted by atomic mass is 35.5. The topological polar surface area (TPSA) is 36.9 Å². The normalized spacial score (nSPS) is 15.3. The molecule has 0 radical (unpaired) electrons. The van der Waals surface area contributed by atoms with Crippen LogP contribution in [0.25, 0.3) is 0 Å². The molecule has 1 aromatic carbocycles. The molecule has 20 heavy (non-hydrogen) atoms. The molecule has 110 valence electrons. The summed E-state index contributed by atoms with van der Waals surface area (Å²) in [6.07, 6.45) is 0.478. The van der Waals surface area contributed by atoms with E-state index in [0.717, 1.165) is 5.56 Å². The number of methoxy groups -OCH3 is 1. The van der Waals surface area contributed by atoms with E-state index in [1.165, 1.54) is 7.11 Å². The van der Waals surface area contributed by atoms with Gasteiger partial charge >= 0.3 is 0 Å². The number of halogens is 1. The molecule has 0 unspecified atom stereocenters. The fraction of sp³-hybridized carbons (Fsp3) is 0.500. The summed E-state index contributed by atoms with van der Waals surface area (Å²) in [7, 11) is 1.52. The Bertz CT molecular complexity index is 486. The Morgan fingerprint density at radius 1 is 1.40 bits per heavy atom. The lowest BCUT2D eigenvalue weighted by atomic mass is 10.1. The van der Waals surface area contributed by atoms with Crippen molar-refractivity contribution in [1.82, 2.24) is 0 Å². The van der Waals surface area contributed by atoms with Gasteiger partial charge in [-0.05, 0) is 30.8 Å². The number of benzene rings is 1. The summed E-state index contributed by atoms with van der Waals surface area (Å²) in [6, 6.07) is 3.74. The number of ether oxygens (including phenoxy) is 4. The van der Waals surface area contributed by atoms with E-state index in [1.54, 1.807) is 0 Å². The van der Waals surface area contributed by atoms with Crippen LogP contribution in [-0.4, -0.2) is 38.3 Å². The van der Waals surface area contributed by atoms with E-state index in [1.807, 2.05) is 19.1 Å². The third-order valence-electron chi connectivity index (χ3n) is 2.99. The molecule has 1 saturated heterocycles. The second kappa shape index (κ2) is 7.22. The summed E-state index contributed by atoms with van der Waals surface area (Å²) in [5, 5.41) is 0.826. The highest BCUT2D eigenvalue weighted by molar-refractivity contribution is 7.80. The molecule has 1 aromatic rings. The zero-order chi connectivity index (χ0) is 14.5.